The maximum absolute atomic E-state index is 12.4. The van der Waals surface area contributed by atoms with Crippen LogP contribution >= 0.6 is 0 Å². The fraction of sp³-hybridized carbons (Fsp3) is 0.250. The zero-order chi connectivity index (χ0) is 19.7. The number of nitrogens with one attached hydrogen (secondary N) is 1. The monoisotopic (exact) mass is 406 g/mol. The molecule has 146 valence electrons. The van der Waals surface area contributed by atoms with Gasteiger partial charge in [0, 0.05) is 6.07 Å². The number of aromatic nitrogens is 3. The molecule has 0 bridgehead atoms. The van der Waals surface area contributed by atoms with Crippen LogP contribution in [0.15, 0.2) is 44.5 Å². The number of anilines is 1. The van der Waals surface area contributed by atoms with Crippen LogP contribution in [-0.2, 0) is 14.6 Å². The van der Waals surface area contributed by atoms with Crippen LogP contribution in [0.1, 0.15) is 17.8 Å². The topological polar surface area (TPSA) is 147 Å². The van der Waals surface area contributed by atoms with Crippen molar-refractivity contribution in [3.8, 4) is 11.5 Å². The summed E-state index contributed by atoms with van der Waals surface area (Å²) in [4.78, 5) is 11.9. The number of ether oxygens (including phenoxy) is 2. The number of aryl methyl sites for hydroxylation is 1. The zero-order valence-corrected chi connectivity index (χ0v) is 15.3. The third-order valence-electron chi connectivity index (χ3n) is 3.69. The molecule has 1 amide bonds. The van der Waals surface area contributed by atoms with Crippen molar-refractivity contribution in [2.45, 2.75) is 18.3 Å². The molecule has 12 heteroatoms. The third-order valence-corrected chi connectivity index (χ3v) is 5.03. The van der Waals surface area contributed by atoms with Gasteiger partial charge in [0.2, 0.25) is 21.8 Å². The number of rotatable bonds is 5. The quantitative estimate of drug-likeness (QED) is 0.657. The number of para-hydroxylation sites is 2. The Kier molecular flexibility index (Phi) is 4.47. The van der Waals surface area contributed by atoms with Gasteiger partial charge in [-0.1, -0.05) is 22.4 Å². The van der Waals surface area contributed by atoms with Crippen molar-refractivity contribution in [1.82, 2.24) is 15.4 Å². The van der Waals surface area contributed by atoms with Crippen LogP contribution in [0.2, 0.25) is 0 Å². The SMILES string of the molecule is Cc1cc(NC(=O)CS(=O)(=O)c2nnc(C3COc4ccccc4O3)o2)no1. The Hall–Kier alpha value is -3.41. The summed E-state index contributed by atoms with van der Waals surface area (Å²) in [6.45, 7) is 1.71. The van der Waals surface area contributed by atoms with Gasteiger partial charge in [0.25, 0.3) is 5.89 Å². The summed E-state index contributed by atoms with van der Waals surface area (Å²) in [5, 5.41) is 12.4. The van der Waals surface area contributed by atoms with Crippen molar-refractivity contribution >= 4 is 21.6 Å². The van der Waals surface area contributed by atoms with E-state index in [0.717, 1.165) is 0 Å². The van der Waals surface area contributed by atoms with Crippen molar-refractivity contribution in [3.05, 3.63) is 42.0 Å². The Balaban J connectivity index is 1.45. The Morgan fingerprint density at radius 1 is 1.25 bits per heavy atom. The lowest BCUT2D eigenvalue weighted by atomic mass is 10.2. The molecule has 0 aliphatic carbocycles. The van der Waals surface area contributed by atoms with Crippen molar-refractivity contribution in [2.75, 3.05) is 17.7 Å². The van der Waals surface area contributed by atoms with Gasteiger partial charge < -0.3 is 23.7 Å². The van der Waals surface area contributed by atoms with E-state index in [1.165, 1.54) is 6.07 Å². The maximum atomic E-state index is 12.4. The molecular weight excluding hydrogens is 392 g/mol. The molecule has 0 radical (unpaired) electrons. The Morgan fingerprint density at radius 3 is 2.79 bits per heavy atom. The van der Waals surface area contributed by atoms with Crippen LogP contribution in [0.25, 0.3) is 0 Å². The predicted octanol–water partition coefficient (Wildman–Crippen LogP) is 1.29. The second-order valence-corrected chi connectivity index (χ2v) is 7.77. The van der Waals surface area contributed by atoms with Crippen LogP contribution < -0.4 is 14.8 Å². The summed E-state index contributed by atoms with van der Waals surface area (Å²) in [5.41, 5.74) is 0. The molecule has 4 rings (SSSR count). The first-order valence-corrected chi connectivity index (χ1v) is 9.74. The van der Waals surface area contributed by atoms with Gasteiger partial charge in [0.15, 0.2) is 17.3 Å². The van der Waals surface area contributed by atoms with Gasteiger partial charge in [-0.2, -0.15) is 0 Å². The minimum atomic E-state index is -4.16. The Morgan fingerprint density at radius 2 is 2.04 bits per heavy atom. The summed E-state index contributed by atoms with van der Waals surface area (Å²) >= 11 is 0. The van der Waals surface area contributed by atoms with Crippen molar-refractivity contribution < 1.29 is 31.6 Å². The average molecular weight is 406 g/mol. The number of benzene rings is 1. The lowest BCUT2D eigenvalue weighted by molar-refractivity contribution is -0.113. The number of carbonyl (C=O) groups is 1. The van der Waals surface area contributed by atoms with Crippen LogP contribution in [0.4, 0.5) is 5.82 Å². The molecular formula is C16H14N4O7S. The zero-order valence-electron chi connectivity index (χ0n) is 14.5. The first-order valence-electron chi connectivity index (χ1n) is 8.08. The highest BCUT2D eigenvalue weighted by molar-refractivity contribution is 7.91. The second-order valence-electron chi connectivity index (χ2n) is 5.90. The van der Waals surface area contributed by atoms with Gasteiger partial charge in [-0.15, -0.1) is 5.10 Å². The van der Waals surface area contributed by atoms with E-state index in [0.29, 0.717) is 17.3 Å². The fourth-order valence-corrected chi connectivity index (χ4v) is 3.37. The molecule has 1 aromatic carbocycles. The molecule has 0 saturated heterocycles. The van der Waals surface area contributed by atoms with E-state index in [4.69, 9.17) is 18.4 Å². The highest BCUT2D eigenvalue weighted by Gasteiger charge is 2.31. The highest BCUT2D eigenvalue weighted by Crippen LogP contribution is 2.35. The second kappa shape index (κ2) is 6.96. The summed E-state index contributed by atoms with van der Waals surface area (Å²) in [6.07, 6.45) is -0.765. The van der Waals surface area contributed by atoms with Gasteiger partial charge in [-0.3, -0.25) is 4.79 Å². The molecule has 0 fully saturated rings. The summed E-state index contributed by atoms with van der Waals surface area (Å²) < 4.78 is 46.0. The number of sulfone groups is 1. The number of hydrogen-bond acceptors (Lipinski definition) is 10. The van der Waals surface area contributed by atoms with E-state index in [1.807, 2.05) is 0 Å². The molecule has 1 aliphatic heterocycles. The molecule has 28 heavy (non-hydrogen) atoms. The minimum Gasteiger partial charge on any atom is -0.485 e. The largest absolute Gasteiger partial charge is 0.485 e. The number of amides is 1. The molecule has 3 heterocycles. The molecule has 1 N–H and O–H groups in total. The molecule has 1 aliphatic rings. The van der Waals surface area contributed by atoms with Gasteiger partial charge in [-0.05, 0) is 19.1 Å². The lowest BCUT2D eigenvalue weighted by Crippen LogP contribution is -2.23. The van der Waals surface area contributed by atoms with E-state index in [2.05, 4.69) is 20.7 Å². The average Bonchev–Trinajstić information content (AvgIpc) is 3.30. The maximum Gasteiger partial charge on any atom is 0.336 e. The first kappa shape index (κ1) is 18.0. The molecule has 1 atom stereocenters. The fourth-order valence-electron chi connectivity index (χ4n) is 2.46. The van der Waals surface area contributed by atoms with E-state index in [9.17, 15) is 13.2 Å². The standard InChI is InChI=1S/C16H14N4O7S/c1-9-6-13(20-27-9)17-14(21)8-28(22,23)16-19-18-15(26-16)12-7-24-10-4-2-3-5-11(10)25-12/h2-6,12H,7-8H2,1H3,(H,17,20,21). The normalized spacial score (nSPS) is 16.0. The van der Waals surface area contributed by atoms with E-state index < -0.39 is 32.8 Å². The molecule has 11 nitrogen and oxygen atoms in total. The van der Waals surface area contributed by atoms with Gasteiger partial charge in [-0.25, -0.2) is 8.42 Å². The smallest absolute Gasteiger partial charge is 0.336 e. The number of nitrogens with zero attached hydrogens (tertiary/aromatic N) is 3. The number of hydrogen-bond donors (Lipinski definition) is 1. The van der Waals surface area contributed by atoms with Crippen molar-refractivity contribution in [3.63, 3.8) is 0 Å². The lowest BCUT2D eigenvalue weighted by Gasteiger charge is -2.23. The summed E-state index contributed by atoms with van der Waals surface area (Å²) in [5.74, 6) is -0.175. The number of carbonyl (C=O) groups excluding carboxylic acids is 1. The molecule has 0 spiro atoms. The van der Waals surface area contributed by atoms with Gasteiger partial charge >= 0.3 is 5.22 Å². The number of fused-ring (bicyclic) bond motifs is 1. The first-order chi connectivity index (χ1) is 13.4. The van der Waals surface area contributed by atoms with Crippen LogP contribution in [0, 0.1) is 6.92 Å². The highest BCUT2D eigenvalue weighted by atomic mass is 32.2. The van der Waals surface area contributed by atoms with E-state index in [1.54, 1.807) is 31.2 Å². The molecule has 2 aromatic heterocycles. The van der Waals surface area contributed by atoms with Crippen LogP contribution in [0.3, 0.4) is 0 Å². The van der Waals surface area contributed by atoms with Gasteiger partial charge in [0.05, 0.1) is 0 Å². The molecule has 1 unspecified atom stereocenters. The Bertz CT molecular complexity index is 1120. The third kappa shape index (κ3) is 3.67. The van der Waals surface area contributed by atoms with E-state index in [-0.39, 0.29) is 18.3 Å². The minimum absolute atomic E-state index is 0.0689. The van der Waals surface area contributed by atoms with Crippen molar-refractivity contribution in [2.24, 2.45) is 0 Å². The Labute approximate surface area is 158 Å². The summed E-state index contributed by atoms with van der Waals surface area (Å²) in [7, 11) is -4.16. The van der Waals surface area contributed by atoms with Gasteiger partial charge in [0.1, 0.15) is 18.1 Å². The van der Waals surface area contributed by atoms with Crippen molar-refractivity contribution in [1.29, 1.82) is 0 Å². The van der Waals surface area contributed by atoms with E-state index >= 15 is 0 Å². The van der Waals surface area contributed by atoms with Crippen LogP contribution in [0.5, 0.6) is 11.5 Å². The molecule has 0 saturated carbocycles. The molecule has 3 aromatic rings. The summed E-state index contributed by atoms with van der Waals surface area (Å²) in [6, 6.07) is 8.46. The predicted molar refractivity (Wildman–Crippen MR) is 91.5 cm³/mol. The van der Waals surface area contributed by atoms with Crippen LogP contribution in [-0.4, -0.2) is 42.0 Å².